The van der Waals surface area contributed by atoms with Crippen molar-refractivity contribution in [2.75, 3.05) is 11.9 Å². The van der Waals surface area contributed by atoms with E-state index in [9.17, 15) is 9.50 Å². The van der Waals surface area contributed by atoms with Gasteiger partial charge in [0.25, 0.3) is 0 Å². The van der Waals surface area contributed by atoms with Crippen molar-refractivity contribution in [3.63, 3.8) is 0 Å². The number of nitrogens with zero attached hydrogens (tertiary/aromatic N) is 4. The summed E-state index contributed by atoms with van der Waals surface area (Å²) in [6, 6.07) is 7.57. The first-order valence-corrected chi connectivity index (χ1v) is 7.42. The smallest absolute Gasteiger partial charge is 0.200 e. The van der Waals surface area contributed by atoms with Crippen molar-refractivity contribution in [2.24, 2.45) is 0 Å². The molecule has 1 atom stereocenters. The molecule has 7 heteroatoms. The van der Waals surface area contributed by atoms with E-state index in [0.717, 1.165) is 16.9 Å². The van der Waals surface area contributed by atoms with Crippen molar-refractivity contribution in [2.45, 2.75) is 25.8 Å². The molecule has 3 rings (SSSR count). The first kappa shape index (κ1) is 15.4. The Hall–Kier alpha value is -2.54. The normalized spacial score (nSPS) is 12.7. The van der Waals surface area contributed by atoms with Gasteiger partial charge >= 0.3 is 0 Å². The molecule has 0 saturated heterocycles. The average molecular weight is 315 g/mol. The number of anilines is 1. The zero-order valence-electron chi connectivity index (χ0n) is 12.9. The Bertz CT molecular complexity index is 800. The third-order valence-electron chi connectivity index (χ3n) is 3.66. The fourth-order valence-corrected chi connectivity index (χ4v) is 2.35. The Balaban J connectivity index is 1.98. The molecule has 0 spiro atoms. The Morgan fingerprint density at radius 3 is 2.65 bits per heavy atom. The fourth-order valence-electron chi connectivity index (χ4n) is 2.35. The molecule has 6 nitrogen and oxygen atoms in total. The molecule has 2 aromatic heterocycles. The first-order chi connectivity index (χ1) is 11.1. The van der Waals surface area contributed by atoms with Crippen molar-refractivity contribution in [1.82, 2.24) is 19.8 Å². The molecule has 0 aliphatic heterocycles. The van der Waals surface area contributed by atoms with E-state index in [4.69, 9.17) is 0 Å². The number of aliphatic hydroxyl groups excluding tert-OH is 1. The lowest BCUT2D eigenvalue weighted by atomic mass is 10.1. The summed E-state index contributed by atoms with van der Waals surface area (Å²) in [5.41, 5.74) is 2.98. The van der Waals surface area contributed by atoms with E-state index < -0.39 is 0 Å². The van der Waals surface area contributed by atoms with Crippen molar-refractivity contribution in [3.05, 3.63) is 53.7 Å². The van der Waals surface area contributed by atoms with E-state index in [-0.39, 0.29) is 24.4 Å². The highest BCUT2D eigenvalue weighted by Gasteiger charge is 2.15. The zero-order chi connectivity index (χ0) is 16.4. The Labute approximate surface area is 133 Å². The number of rotatable bonds is 5. The number of fused-ring (bicyclic) bond motifs is 1. The van der Waals surface area contributed by atoms with Crippen LogP contribution in [0.15, 0.2) is 36.7 Å². The van der Waals surface area contributed by atoms with E-state index in [0.29, 0.717) is 5.65 Å². The maximum atomic E-state index is 13.1. The maximum absolute atomic E-state index is 13.1. The van der Waals surface area contributed by atoms with E-state index >= 15 is 0 Å². The second-order valence-corrected chi connectivity index (χ2v) is 5.67. The van der Waals surface area contributed by atoms with Crippen LogP contribution in [0.4, 0.5) is 10.1 Å². The summed E-state index contributed by atoms with van der Waals surface area (Å²) in [5, 5.41) is 25.3. The molecule has 3 aromatic rings. The molecule has 2 heterocycles. The molecule has 1 aromatic carbocycles. The average Bonchev–Trinajstić information content (AvgIpc) is 3.02. The van der Waals surface area contributed by atoms with Crippen molar-refractivity contribution in [1.29, 1.82) is 0 Å². The molecular formula is C16H18FN5O. The van der Waals surface area contributed by atoms with Gasteiger partial charge in [-0.3, -0.25) is 0 Å². The van der Waals surface area contributed by atoms with Gasteiger partial charge in [0.2, 0.25) is 5.65 Å². The lowest BCUT2D eigenvalue weighted by Gasteiger charge is -2.19. The third kappa shape index (κ3) is 3.14. The number of halogens is 1. The topological polar surface area (TPSA) is 75.3 Å². The number of benzene rings is 1. The number of hydrogen-bond donors (Lipinski definition) is 2. The minimum Gasteiger partial charge on any atom is -0.394 e. The molecule has 0 fully saturated rings. The van der Waals surface area contributed by atoms with Gasteiger partial charge in [-0.05, 0) is 29.7 Å². The van der Waals surface area contributed by atoms with Gasteiger partial charge < -0.3 is 10.4 Å². The van der Waals surface area contributed by atoms with Gasteiger partial charge in [-0.2, -0.15) is 9.61 Å². The summed E-state index contributed by atoms with van der Waals surface area (Å²) in [6.45, 7) is 3.96. The van der Waals surface area contributed by atoms with Crippen LogP contribution in [0.1, 0.15) is 37.1 Å². The van der Waals surface area contributed by atoms with Crippen LogP contribution in [0, 0.1) is 5.82 Å². The summed E-state index contributed by atoms with van der Waals surface area (Å²) in [5.74, 6) is -0.0722. The van der Waals surface area contributed by atoms with Gasteiger partial charge in [0.05, 0.1) is 24.0 Å². The van der Waals surface area contributed by atoms with Crippen molar-refractivity contribution in [3.8, 4) is 0 Å². The van der Waals surface area contributed by atoms with Gasteiger partial charge in [-0.15, -0.1) is 10.2 Å². The van der Waals surface area contributed by atoms with Gasteiger partial charge in [0.1, 0.15) is 12.1 Å². The summed E-state index contributed by atoms with van der Waals surface area (Å²) in [6.07, 6.45) is 1.54. The predicted octanol–water partition coefficient (Wildman–Crippen LogP) is 2.53. The maximum Gasteiger partial charge on any atom is 0.200 e. The molecular weight excluding hydrogens is 297 g/mol. The van der Waals surface area contributed by atoms with Crippen LogP contribution in [-0.2, 0) is 0 Å². The second-order valence-electron chi connectivity index (χ2n) is 5.67. The van der Waals surface area contributed by atoms with Crippen LogP contribution >= 0.6 is 0 Å². The van der Waals surface area contributed by atoms with Crippen LogP contribution < -0.4 is 5.32 Å². The largest absolute Gasteiger partial charge is 0.394 e. The molecule has 0 radical (unpaired) electrons. The van der Waals surface area contributed by atoms with Gasteiger partial charge in [0.15, 0.2) is 0 Å². The van der Waals surface area contributed by atoms with Gasteiger partial charge in [-0.25, -0.2) is 4.39 Å². The quantitative estimate of drug-likeness (QED) is 0.757. The molecule has 0 aliphatic rings. The molecule has 0 amide bonds. The molecule has 1 unspecified atom stereocenters. The molecule has 120 valence electrons. The van der Waals surface area contributed by atoms with Crippen LogP contribution in [0.25, 0.3) is 5.65 Å². The minimum atomic E-state index is -0.376. The van der Waals surface area contributed by atoms with Gasteiger partial charge in [-0.1, -0.05) is 26.0 Å². The summed E-state index contributed by atoms with van der Waals surface area (Å²) in [4.78, 5) is 0. The molecule has 0 bridgehead atoms. The Kier molecular flexibility index (Phi) is 4.20. The van der Waals surface area contributed by atoms with Crippen LogP contribution in [0.2, 0.25) is 0 Å². The lowest BCUT2D eigenvalue weighted by Crippen LogP contribution is -2.16. The minimum absolute atomic E-state index is 0.134. The van der Waals surface area contributed by atoms with Crippen LogP contribution in [-0.4, -0.2) is 31.5 Å². The molecule has 2 N–H and O–H groups in total. The Morgan fingerprint density at radius 1 is 1.26 bits per heavy atom. The van der Waals surface area contributed by atoms with E-state index in [1.54, 1.807) is 16.6 Å². The summed E-state index contributed by atoms with van der Waals surface area (Å²) < 4.78 is 14.7. The highest BCUT2D eigenvalue weighted by Crippen LogP contribution is 2.25. The van der Waals surface area contributed by atoms with E-state index in [2.05, 4.69) is 20.6 Å². The van der Waals surface area contributed by atoms with Crippen LogP contribution in [0.3, 0.4) is 0 Å². The van der Waals surface area contributed by atoms with E-state index in [1.807, 2.05) is 19.9 Å². The van der Waals surface area contributed by atoms with E-state index in [1.165, 1.54) is 18.5 Å². The molecule has 0 aliphatic carbocycles. The second kappa shape index (κ2) is 6.29. The molecule has 0 saturated carbocycles. The number of aliphatic hydroxyl groups is 1. The monoisotopic (exact) mass is 315 g/mol. The number of hydrogen-bond acceptors (Lipinski definition) is 5. The SMILES string of the molecule is CC(C)c1cc(NC(CO)c2ccc(F)cc2)c2nncn2n1. The zero-order valence-corrected chi connectivity index (χ0v) is 12.9. The number of aromatic nitrogens is 4. The highest BCUT2D eigenvalue weighted by atomic mass is 19.1. The summed E-state index contributed by atoms with van der Waals surface area (Å²) in [7, 11) is 0. The van der Waals surface area contributed by atoms with Crippen molar-refractivity contribution < 1.29 is 9.50 Å². The van der Waals surface area contributed by atoms with Crippen LogP contribution in [0.5, 0.6) is 0 Å². The summed E-state index contributed by atoms with van der Waals surface area (Å²) >= 11 is 0. The number of nitrogens with one attached hydrogen (secondary N) is 1. The molecule has 23 heavy (non-hydrogen) atoms. The highest BCUT2D eigenvalue weighted by molar-refractivity contribution is 5.67. The fraction of sp³-hybridized carbons (Fsp3) is 0.312. The Morgan fingerprint density at radius 2 is 2.00 bits per heavy atom. The predicted molar refractivity (Wildman–Crippen MR) is 84.7 cm³/mol. The van der Waals surface area contributed by atoms with Crippen molar-refractivity contribution >= 4 is 11.3 Å². The first-order valence-electron chi connectivity index (χ1n) is 7.42. The third-order valence-corrected chi connectivity index (χ3v) is 3.66. The standard InChI is InChI=1S/C16H18FN5O/c1-10(2)13-7-14(16-20-18-9-22(16)21-13)19-15(8-23)11-3-5-12(17)6-4-11/h3-7,9-10,15,19,23H,8H2,1-2H3. The van der Waals surface area contributed by atoms with Gasteiger partial charge in [0, 0.05) is 0 Å². The lowest BCUT2D eigenvalue weighted by molar-refractivity contribution is 0.276.